The van der Waals surface area contributed by atoms with Crippen LogP contribution in [0.1, 0.15) is 12.8 Å². The van der Waals surface area contributed by atoms with Crippen molar-refractivity contribution < 1.29 is 22.7 Å². The van der Waals surface area contributed by atoms with E-state index < -0.39 is 10.0 Å². The number of fused-ring (bicyclic) bond motifs is 1. The van der Waals surface area contributed by atoms with Crippen molar-refractivity contribution >= 4 is 54.0 Å². The minimum atomic E-state index is -3.47. The van der Waals surface area contributed by atoms with Crippen LogP contribution in [0, 0.1) is 5.92 Å². The van der Waals surface area contributed by atoms with Crippen LogP contribution in [-0.4, -0.2) is 50.9 Å². The van der Waals surface area contributed by atoms with Crippen LogP contribution in [0.15, 0.2) is 33.9 Å². The lowest BCUT2D eigenvalue weighted by atomic mass is 9.97. The first kappa shape index (κ1) is 21.0. The highest BCUT2D eigenvalue weighted by Crippen LogP contribution is 2.36. The number of thiophene rings is 1. The Kier molecular flexibility index (Phi) is 5.96. The summed E-state index contributed by atoms with van der Waals surface area (Å²) in [6.45, 7) is 0.652. The van der Waals surface area contributed by atoms with Crippen molar-refractivity contribution in [3.05, 3.63) is 29.6 Å². The second kappa shape index (κ2) is 8.50. The number of carbonyl (C=O) groups excluding carboxylic acids is 1. The van der Waals surface area contributed by atoms with Crippen molar-refractivity contribution in [2.75, 3.05) is 32.6 Å². The van der Waals surface area contributed by atoms with Crippen molar-refractivity contribution in [1.82, 2.24) is 9.29 Å². The first-order valence-corrected chi connectivity index (χ1v) is 12.4. The van der Waals surface area contributed by atoms with Crippen LogP contribution in [0.25, 0.3) is 10.2 Å². The van der Waals surface area contributed by atoms with Gasteiger partial charge in [0.2, 0.25) is 5.91 Å². The van der Waals surface area contributed by atoms with Crippen LogP contribution in [-0.2, 0) is 14.8 Å². The number of piperidine rings is 1. The third-order valence-corrected chi connectivity index (χ3v) is 9.24. The molecule has 3 heterocycles. The fraction of sp³-hybridized carbons (Fsp3) is 0.368. The molecule has 1 aromatic carbocycles. The Morgan fingerprint density at radius 2 is 1.90 bits per heavy atom. The normalized spacial score (nSPS) is 15.9. The highest BCUT2D eigenvalue weighted by atomic mass is 32.2. The maximum atomic E-state index is 12.7. The van der Waals surface area contributed by atoms with Gasteiger partial charge in [-0.05, 0) is 24.3 Å². The van der Waals surface area contributed by atoms with E-state index >= 15 is 0 Å². The van der Waals surface area contributed by atoms with Crippen molar-refractivity contribution in [2.45, 2.75) is 17.1 Å². The topological polar surface area (TPSA) is 97.8 Å². The molecule has 2 aromatic heterocycles. The van der Waals surface area contributed by atoms with E-state index in [-0.39, 0.29) is 11.8 Å². The number of carbonyl (C=O) groups is 1. The molecule has 3 aromatic rings. The van der Waals surface area contributed by atoms with E-state index in [2.05, 4.69) is 10.3 Å². The van der Waals surface area contributed by atoms with Gasteiger partial charge < -0.3 is 14.8 Å². The molecule has 0 aliphatic carbocycles. The Balaban J connectivity index is 1.41. The summed E-state index contributed by atoms with van der Waals surface area (Å²) >= 11 is 2.56. The minimum absolute atomic E-state index is 0.138. The number of benzene rings is 1. The molecule has 30 heavy (non-hydrogen) atoms. The van der Waals surface area contributed by atoms with Crippen LogP contribution in [0.5, 0.6) is 11.5 Å². The van der Waals surface area contributed by atoms with Crippen molar-refractivity contribution in [1.29, 1.82) is 0 Å². The molecule has 160 valence electrons. The van der Waals surface area contributed by atoms with Crippen LogP contribution in [0.2, 0.25) is 0 Å². The fourth-order valence-corrected chi connectivity index (χ4v) is 6.91. The summed E-state index contributed by atoms with van der Waals surface area (Å²) < 4.78 is 38.5. The average molecular weight is 468 g/mol. The Labute approximate surface area is 182 Å². The van der Waals surface area contributed by atoms with Gasteiger partial charge in [-0.3, -0.25) is 4.79 Å². The molecular weight excluding hydrogens is 446 g/mol. The summed E-state index contributed by atoms with van der Waals surface area (Å²) in [6.07, 6.45) is 0.950. The van der Waals surface area contributed by atoms with Crippen molar-refractivity contribution in [2.24, 2.45) is 5.92 Å². The summed E-state index contributed by atoms with van der Waals surface area (Å²) in [5.74, 6) is 0.787. The largest absolute Gasteiger partial charge is 0.493 e. The number of methoxy groups -OCH3 is 2. The number of anilines is 1. The van der Waals surface area contributed by atoms with Gasteiger partial charge in [-0.25, -0.2) is 13.4 Å². The number of aromatic nitrogens is 1. The zero-order valence-corrected chi connectivity index (χ0v) is 18.9. The van der Waals surface area contributed by atoms with E-state index in [9.17, 15) is 13.2 Å². The van der Waals surface area contributed by atoms with Gasteiger partial charge in [-0.15, -0.1) is 11.3 Å². The number of ether oxygens (including phenoxy) is 2. The number of nitrogens with zero attached hydrogens (tertiary/aromatic N) is 2. The van der Waals surface area contributed by atoms with Gasteiger partial charge in [0, 0.05) is 31.1 Å². The van der Waals surface area contributed by atoms with Gasteiger partial charge in [-0.1, -0.05) is 17.4 Å². The number of rotatable bonds is 6. The van der Waals surface area contributed by atoms with Crippen LogP contribution < -0.4 is 14.8 Å². The minimum Gasteiger partial charge on any atom is -0.493 e. The van der Waals surface area contributed by atoms with Gasteiger partial charge in [0.1, 0.15) is 4.21 Å². The SMILES string of the molecule is COc1cc2nc(NC(=O)C3CCN(S(=O)(=O)c4cccs4)CC3)sc2cc1OC. The number of hydrogen-bond acceptors (Lipinski definition) is 8. The summed E-state index contributed by atoms with van der Waals surface area (Å²) in [5.41, 5.74) is 0.713. The van der Waals surface area contributed by atoms with E-state index in [0.717, 1.165) is 4.70 Å². The van der Waals surface area contributed by atoms with Gasteiger partial charge >= 0.3 is 0 Å². The molecule has 0 atom stereocenters. The molecule has 0 bridgehead atoms. The average Bonchev–Trinajstić information content (AvgIpc) is 3.42. The Hall–Kier alpha value is -2.21. The highest BCUT2D eigenvalue weighted by molar-refractivity contribution is 7.91. The molecule has 1 aliphatic heterocycles. The molecule has 1 saturated heterocycles. The molecule has 0 unspecified atom stereocenters. The third kappa shape index (κ3) is 4.02. The predicted molar refractivity (Wildman–Crippen MR) is 117 cm³/mol. The van der Waals surface area contributed by atoms with Crippen molar-refractivity contribution in [3.63, 3.8) is 0 Å². The molecule has 11 heteroatoms. The van der Waals surface area contributed by atoms with Crippen LogP contribution >= 0.6 is 22.7 Å². The van der Waals surface area contributed by atoms with Gasteiger partial charge in [0.05, 0.1) is 24.4 Å². The lowest BCUT2D eigenvalue weighted by molar-refractivity contribution is -0.120. The lowest BCUT2D eigenvalue weighted by Gasteiger charge is -2.29. The number of sulfonamides is 1. The van der Waals surface area contributed by atoms with E-state index in [1.165, 1.54) is 27.0 Å². The monoisotopic (exact) mass is 467 g/mol. The number of hydrogen-bond donors (Lipinski definition) is 1. The van der Waals surface area contributed by atoms with Gasteiger partial charge in [-0.2, -0.15) is 4.31 Å². The smallest absolute Gasteiger partial charge is 0.252 e. The maximum absolute atomic E-state index is 12.7. The molecule has 1 N–H and O–H groups in total. The summed E-state index contributed by atoms with van der Waals surface area (Å²) in [5, 5.41) is 5.12. The maximum Gasteiger partial charge on any atom is 0.252 e. The Morgan fingerprint density at radius 3 is 2.53 bits per heavy atom. The molecule has 1 fully saturated rings. The van der Waals surface area contributed by atoms with E-state index in [1.54, 1.807) is 37.8 Å². The molecule has 4 rings (SSSR count). The molecule has 0 spiro atoms. The number of thiazole rings is 1. The molecule has 8 nitrogen and oxygen atoms in total. The summed E-state index contributed by atoms with van der Waals surface area (Å²) in [4.78, 5) is 17.2. The predicted octanol–water partition coefficient (Wildman–Crippen LogP) is 3.41. The second-order valence-electron chi connectivity index (χ2n) is 6.79. The molecule has 1 amide bonds. The van der Waals surface area contributed by atoms with E-state index in [0.29, 0.717) is 52.3 Å². The molecule has 0 saturated carbocycles. The molecule has 1 aliphatic rings. The van der Waals surface area contributed by atoms with Gasteiger partial charge in [0.25, 0.3) is 10.0 Å². The first-order chi connectivity index (χ1) is 14.4. The highest BCUT2D eigenvalue weighted by Gasteiger charge is 2.32. The molecular formula is C19H21N3O5S3. The summed E-state index contributed by atoms with van der Waals surface area (Å²) in [6, 6.07) is 6.93. The van der Waals surface area contributed by atoms with Crippen LogP contribution in [0.3, 0.4) is 0 Å². The van der Waals surface area contributed by atoms with Gasteiger partial charge in [0.15, 0.2) is 16.6 Å². The molecule has 0 radical (unpaired) electrons. The summed E-state index contributed by atoms with van der Waals surface area (Å²) in [7, 11) is -0.344. The lowest BCUT2D eigenvalue weighted by Crippen LogP contribution is -2.41. The quantitative estimate of drug-likeness (QED) is 0.597. The van der Waals surface area contributed by atoms with E-state index in [4.69, 9.17) is 9.47 Å². The van der Waals surface area contributed by atoms with Crippen LogP contribution in [0.4, 0.5) is 5.13 Å². The second-order valence-corrected chi connectivity index (χ2v) is 10.9. The van der Waals surface area contributed by atoms with E-state index in [1.807, 2.05) is 6.07 Å². The fourth-order valence-electron chi connectivity index (χ4n) is 3.41. The zero-order chi connectivity index (χ0) is 21.3. The number of nitrogens with one attached hydrogen (secondary N) is 1. The standard InChI is InChI=1S/C19H21N3O5S3/c1-26-14-10-13-16(11-15(14)27-2)29-19(20-13)21-18(23)12-5-7-22(8-6-12)30(24,25)17-4-3-9-28-17/h3-4,9-12H,5-8H2,1-2H3,(H,20,21,23). The Morgan fingerprint density at radius 1 is 1.20 bits per heavy atom. The third-order valence-electron chi connectivity index (χ3n) is 5.04. The van der Waals surface area contributed by atoms with Crippen molar-refractivity contribution in [3.8, 4) is 11.5 Å². The Bertz CT molecular complexity index is 1110. The zero-order valence-electron chi connectivity index (χ0n) is 16.5. The number of amides is 1. The first-order valence-electron chi connectivity index (χ1n) is 9.29.